The highest BCUT2D eigenvalue weighted by Crippen LogP contribution is 2.19. The minimum absolute atomic E-state index is 0.143. The standard InChI is InChI=1S/C20H20N4O4/c1-12-9-16(22-21-12)20(27)23-6-7-24(13(2)11-23)19(26)14-3-4-15-17(25)5-8-28-18(15)10-14/h3-5,8-10,13H,6-7,11H2,1-2H3,(H,21,22)/t13-/m1/s1. The van der Waals surface area contributed by atoms with E-state index in [-0.39, 0.29) is 23.3 Å². The van der Waals surface area contributed by atoms with E-state index in [0.29, 0.717) is 41.9 Å². The lowest BCUT2D eigenvalue weighted by molar-refractivity contribution is 0.0411. The SMILES string of the molecule is Cc1cc(C(=O)N2CCN(C(=O)c3ccc4c(=O)ccoc4c3)[C@H](C)C2)n[nH]1. The number of piperazine rings is 1. The Kier molecular flexibility index (Phi) is 4.46. The molecule has 8 heteroatoms. The van der Waals surface area contributed by atoms with Crippen LogP contribution in [-0.4, -0.2) is 57.5 Å². The molecule has 4 rings (SSSR count). The Labute approximate surface area is 160 Å². The minimum Gasteiger partial charge on any atom is -0.464 e. The molecule has 144 valence electrons. The number of H-pyrrole nitrogens is 1. The Morgan fingerprint density at radius 3 is 2.71 bits per heavy atom. The second kappa shape index (κ2) is 6.95. The van der Waals surface area contributed by atoms with Gasteiger partial charge in [0.25, 0.3) is 11.8 Å². The molecule has 1 aromatic carbocycles. The number of nitrogens with zero attached hydrogens (tertiary/aromatic N) is 3. The monoisotopic (exact) mass is 380 g/mol. The molecule has 1 fully saturated rings. The largest absolute Gasteiger partial charge is 0.464 e. The maximum Gasteiger partial charge on any atom is 0.274 e. The number of fused-ring (bicyclic) bond motifs is 1. The highest BCUT2D eigenvalue weighted by molar-refractivity contribution is 5.98. The van der Waals surface area contributed by atoms with E-state index in [1.54, 1.807) is 34.1 Å². The number of aryl methyl sites for hydroxylation is 1. The molecular formula is C20H20N4O4. The van der Waals surface area contributed by atoms with Crippen molar-refractivity contribution in [3.63, 3.8) is 0 Å². The molecule has 0 saturated carbocycles. The van der Waals surface area contributed by atoms with Crippen LogP contribution in [0.15, 0.2) is 45.8 Å². The van der Waals surface area contributed by atoms with Gasteiger partial charge in [0.2, 0.25) is 0 Å². The summed E-state index contributed by atoms with van der Waals surface area (Å²) < 4.78 is 5.36. The van der Waals surface area contributed by atoms with Crippen LogP contribution in [0.25, 0.3) is 11.0 Å². The number of hydrogen-bond donors (Lipinski definition) is 1. The lowest BCUT2D eigenvalue weighted by Crippen LogP contribution is -2.55. The normalized spacial score (nSPS) is 17.1. The highest BCUT2D eigenvalue weighted by Gasteiger charge is 2.31. The number of aromatic nitrogens is 2. The van der Waals surface area contributed by atoms with Crippen molar-refractivity contribution in [1.82, 2.24) is 20.0 Å². The molecule has 1 saturated heterocycles. The van der Waals surface area contributed by atoms with Gasteiger partial charge in [0.1, 0.15) is 11.3 Å². The van der Waals surface area contributed by atoms with Crippen molar-refractivity contribution in [1.29, 1.82) is 0 Å². The van der Waals surface area contributed by atoms with Gasteiger partial charge in [0.05, 0.1) is 11.6 Å². The Bertz CT molecular complexity index is 1120. The Morgan fingerprint density at radius 1 is 1.18 bits per heavy atom. The fraction of sp³-hybridized carbons (Fsp3) is 0.300. The van der Waals surface area contributed by atoms with E-state index in [2.05, 4.69) is 10.2 Å². The third-order valence-corrected chi connectivity index (χ3v) is 5.01. The van der Waals surface area contributed by atoms with Crippen LogP contribution in [0.1, 0.15) is 33.5 Å². The predicted octanol–water partition coefficient (Wildman–Crippen LogP) is 1.81. The average molecular weight is 380 g/mol. The number of benzene rings is 1. The molecule has 2 amide bonds. The van der Waals surface area contributed by atoms with Gasteiger partial charge < -0.3 is 14.2 Å². The summed E-state index contributed by atoms with van der Waals surface area (Å²) in [5.74, 6) is -0.292. The van der Waals surface area contributed by atoms with Crippen LogP contribution in [0.4, 0.5) is 0 Å². The number of hydrogen-bond acceptors (Lipinski definition) is 5. The number of rotatable bonds is 2. The molecule has 1 aliphatic heterocycles. The molecule has 0 spiro atoms. The molecule has 2 aromatic heterocycles. The molecule has 0 aliphatic carbocycles. The molecule has 3 aromatic rings. The molecule has 3 heterocycles. The van der Waals surface area contributed by atoms with E-state index in [4.69, 9.17) is 4.42 Å². The lowest BCUT2D eigenvalue weighted by atomic mass is 10.1. The maximum absolute atomic E-state index is 13.0. The molecular weight excluding hydrogens is 360 g/mol. The smallest absolute Gasteiger partial charge is 0.274 e. The highest BCUT2D eigenvalue weighted by atomic mass is 16.3. The lowest BCUT2D eigenvalue weighted by Gasteiger charge is -2.39. The zero-order valence-corrected chi connectivity index (χ0v) is 15.6. The molecule has 0 radical (unpaired) electrons. The van der Waals surface area contributed by atoms with Crippen LogP contribution >= 0.6 is 0 Å². The van der Waals surface area contributed by atoms with Crippen LogP contribution < -0.4 is 5.43 Å². The summed E-state index contributed by atoms with van der Waals surface area (Å²) in [6.07, 6.45) is 1.32. The van der Waals surface area contributed by atoms with E-state index in [0.717, 1.165) is 5.69 Å². The van der Waals surface area contributed by atoms with Gasteiger partial charge in [-0.2, -0.15) is 5.10 Å². The molecule has 0 bridgehead atoms. The quantitative estimate of drug-likeness (QED) is 0.731. The van der Waals surface area contributed by atoms with E-state index in [1.807, 2.05) is 13.8 Å². The minimum atomic E-state index is -0.149. The second-order valence-corrected chi connectivity index (χ2v) is 7.03. The maximum atomic E-state index is 13.0. The first kappa shape index (κ1) is 18.0. The Hall–Kier alpha value is -3.42. The molecule has 1 aliphatic rings. The third kappa shape index (κ3) is 3.17. The van der Waals surface area contributed by atoms with Gasteiger partial charge >= 0.3 is 0 Å². The Morgan fingerprint density at radius 2 is 2.00 bits per heavy atom. The fourth-order valence-electron chi connectivity index (χ4n) is 3.51. The van der Waals surface area contributed by atoms with E-state index in [1.165, 1.54) is 12.3 Å². The van der Waals surface area contributed by atoms with Crippen LogP contribution in [-0.2, 0) is 0 Å². The molecule has 8 nitrogen and oxygen atoms in total. The first-order chi connectivity index (χ1) is 13.4. The van der Waals surface area contributed by atoms with E-state index in [9.17, 15) is 14.4 Å². The average Bonchev–Trinajstić information content (AvgIpc) is 3.13. The molecule has 0 unspecified atom stereocenters. The summed E-state index contributed by atoms with van der Waals surface area (Å²) >= 11 is 0. The fourth-order valence-corrected chi connectivity index (χ4v) is 3.51. The van der Waals surface area contributed by atoms with Gasteiger partial charge in [-0.25, -0.2) is 0 Å². The summed E-state index contributed by atoms with van der Waals surface area (Å²) in [7, 11) is 0. The van der Waals surface area contributed by atoms with Crippen molar-refractivity contribution in [3.8, 4) is 0 Å². The zero-order valence-electron chi connectivity index (χ0n) is 15.6. The summed E-state index contributed by atoms with van der Waals surface area (Å²) in [4.78, 5) is 40.8. The molecule has 1 N–H and O–H groups in total. The van der Waals surface area contributed by atoms with Gasteiger partial charge in [-0.1, -0.05) is 0 Å². The first-order valence-corrected chi connectivity index (χ1v) is 9.08. The summed E-state index contributed by atoms with van der Waals surface area (Å²) in [5, 5.41) is 7.24. The van der Waals surface area contributed by atoms with Gasteiger partial charge in [-0.3, -0.25) is 19.5 Å². The third-order valence-electron chi connectivity index (χ3n) is 5.01. The van der Waals surface area contributed by atoms with E-state index < -0.39 is 0 Å². The summed E-state index contributed by atoms with van der Waals surface area (Å²) in [6, 6.07) is 7.76. The number of carbonyl (C=O) groups is 2. The van der Waals surface area contributed by atoms with Gasteiger partial charge in [0.15, 0.2) is 5.43 Å². The van der Waals surface area contributed by atoms with Crippen LogP contribution in [0.5, 0.6) is 0 Å². The number of aromatic amines is 1. The van der Waals surface area contributed by atoms with Crippen molar-refractivity contribution in [3.05, 3.63) is 63.8 Å². The summed E-state index contributed by atoms with van der Waals surface area (Å²) in [5.41, 5.74) is 1.90. The van der Waals surface area contributed by atoms with Crippen molar-refractivity contribution >= 4 is 22.8 Å². The van der Waals surface area contributed by atoms with Gasteiger partial charge in [-0.15, -0.1) is 0 Å². The summed E-state index contributed by atoms with van der Waals surface area (Å²) in [6.45, 7) is 5.04. The topological polar surface area (TPSA) is 99.5 Å². The van der Waals surface area contributed by atoms with Crippen molar-refractivity contribution in [2.45, 2.75) is 19.9 Å². The van der Waals surface area contributed by atoms with E-state index >= 15 is 0 Å². The number of carbonyl (C=O) groups excluding carboxylic acids is 2. The van der Waals surface area contributed by atoms with Crippen molar-refractivity contribution in [2.75, 3.05) is 19.6 Å². The first-order valence-electron chi connectivity index (χ1n) is 9.08. The molecule has 28 heavy (non-hydrogen) atoms. The van der Waals surface area contributed by atoms with Gasteiger partial charge in [0, 0.05) is 43.0 Å². The van der Waals surface area contributed by atoms with Crippen molar-refractivity contribution in [2.24, 2.45) is 0 Å². The number of nitrogens with one attached hydrogen (secondary N) is 1. The molecule has 1 atom stereocenters. The van der Waals surface area contributed by atoms with Crippen LogP contribution in [0.2, 0.25) is 0 Å². The predicted molar refractivity (Wildman–Crippen MR) is 102 cm³/mol. The Balaban J connectivity index is 1.50. The number of amides is 2. The van der Waals surface area contributed by atoms with Gasteiger partial charge in [-0.05, 0) is 38.1 Å². The zero-order chi connectivity index (χ0) is 19.8. The van der Waals surface area contributed by atoms with Crippen LogP contribution in [0, 0.1) is 6.92 Å². The van der Waals surface area contributed by atoms with Crippen LogP contribution in [0.3, 0.4) is 0 Å². The van der Waals surface area contributed by atoms with Crippen molar-refractivity contribution < 1.29 is 14.0 Å². The second-order valence-electron chi connectivity index (χ2n) is 7.03.